The zero-order valence-corrected chi connectivity index (χ0v) is 12.1. The van der Waals surface area contributed by atoms with E-state index in [1.54, 1.807) is 17.0 Å². The number of benzene rings is 2. The fourth-order valence-electron chi connectivity index (χ4n) is 2.25. The topological polar surface area (TPSA) is 40.5 Å². The lowest BCUT2D eigenvalue weighted by atomic mass is 10.1. The van der Waals surface area contributed by atoms with Crippen molar-refractivity contribution >= 4 is 11.6 Å². The molecular weight excluding hydrogens is 250 g/mol. The molecule has 0 aliphatic rings. The van der Waals surface area contributed by atoms with Gasteiger partial charge < -0.3 is 10.0 Å². The zero-order valence-electron chi connectivity index (χ0n) is 12.1. The number of rotatable bonds is 3. The molecule has 2 rings (SSSR count). The number of aromatic hydroxyl groups is 1. The summed E-state index contributed by atoms with van der Waals surface area (Å²) >= 11 is 0. The molecule has 20 heavy (non-hydrogen) atoms. The molecular formula is C17H19NO2. The molecule has 3 nitrogen and oxygen atoms in total. The standard InChI is InChI=1S/C17H19NO2/c1-4-18(16-11-15(19)9-8-13(16)3)17(20)14-7-5-6-12(2)10-14/h5-11,19H,4H2,1-3H3. The van der Waals surface area contributed by atoms with Crippen LogP contribution in [0.4, 0.5) is 5.69 Å². The number of phenolic OH excluding ortho intramolecular Hbond substituents is 1. The van der Waals surface area contributed by atoms with Gasteiger partial charge in [-0.3, -0.25) is 4.79 Å². The summed E-state index contributed by atoms with van der Waals surface area (Å²) in [6, 6.07) is 12.6. The monoisotopic (exact) mass is 269 g/mol. The molecule has 0 bridgehead atoms. The lowest BCUT2D eigenvalue weighted by Crippen LogP contribution is -2.31. The largest absolute Gasteiger partial charge is 0.508 e. The summed E-state index contributed by atoms with van der Waals surface area (Å²) in [4.78, 5) is 14.3. The maximum Gasteiger partial charge on any atom is 0.258 e. The fourth-order valence-corrected chi connectivity index (χ4v) is 2.25. The van der Waals surface area contributed by atoms with E-state index in [9.17, 15) is 9.90 Å². The van der Waals surface area contributed by atoms with Crippen molar-refractivity contribution < 1.29 is 9.90 Å². The van der Waals surface area contributed by atoms with Gasteiger partial charge in [-0.15, -0.1) is 0 Å². The SMILES string of the molecule is CCN(C(=O)c1cccc(C)c1)c1cc(O)ccc1C. The first-order valence-corrected chi connectivity index (χ1v) is 6.71. The molecule has 0 saturated carbocycles. The van der Waals surface area contributed by atoms with Crippen molar-refractivity contribution in [1.29, 1.82) is 0 Å². The van der Waals surface area contributed by atoms with E-state index in [2.05, 4.69) is 0 Å². The van der Waals surface area contributed by atoms with Gasteiger partial charge in [0.25, 0.3) is 5.91 Å². The van der Waals surface area contributed by atoms with Gasteiger partial charge in [0, 0.05) is 18.2 Å². The number of anilines is 1. The Morgan fingerprint density at radius 1 is 1.15 bits per heavy atom. The van der Waals surface area contributed by atoms with Gasteiger partial charge in [-0.25, -0.2) is 0 Å². The van der Waals surface area contributed by atoms with Crippen LogP contribution in [0.25, 0.3) is 0 Å². The van der Waals surface area contributed by atoms with Gasteiger partial charge in [0.2, 0.25) is 0 Å². The summed E-state index contributed by atoms with van der Waals surface area (Å²) in [6.07, 6.45) is 0. The van der Waals surface area contributed by atoms with Crippen molar-refractivity contribution in [2.45, 2.75) is 20.8 Å². The minimum absolute atomic E-state index is 0.0510. The third-order valence-electron chi connectivity index (χ3n) is 3.31. The summed E-state index contributed by atoms with van der Waals surface area (Å²) in [5.41, 5.74) is 3.43. The number of amides is 1. The molecule has 0 saturated heterocycles. The second-order valence-electron chi connectivity index (χ2n) is 4.89. The average Bonchev–Trinajstić information content (AvgIpc) is 2.43. The highest BCUT2D eigenvalue weighted by molar-refractivity contribution is 6.06. The quantitative estimate of drug-likeness (QED) is 0.923. The van der Waals surface area contributed by atoms with Crippen LogP contribution in [0.1, 0.15) is 28.4 Å². The second kappa shape index (κ2) is 5.78. The number of nitrogens with zero attached hydrogens (tertiary/aromatic N) is 1. The zero-order chi connectivity index (χ0) is 14.7. The number of carbonyl (C=O) groups is 1. The van der Waals surface area contributed by atoms with Crippen molar-refractivity contribution in [3.63, 3.8) is 0 Å². The summed E-state index contributed by atoms with van der Waals surface area (Å²) in [6.45, 7) is 6.38. The molecule has 2 aromatic rings. The third kappa shape index (κ3) is 2.82. The van der Waals surface area contributed by atoms with Crippen molar-refractivity contribution in [2.75, 3.05) is 11.4 Å². The highest BCUT2D eigenvalue weighted by atomic mass is 16.3. The van der Waals surface area contributed by atoms with Gasteiger partial charge in [0.1, 0.15) is 5.75 Å². The van der Waals surface area contributed by atoms with Gasteiger partial charge in [-0.2, -0.15) is 0 Å². The van der Waals surface area contributed by atoms with Gasteiger partial charge >= 0.3 is 0 Å². The number of hydrogen-bond donors (Lipinski definition) is 1. The van der Waals surface area contributed by atoms with Crippen LogP contribution in [-0.2, 0) is 0 Å². The smallest absolute Gasteiger partial charge is 0.258 e. The Balaban J connectivity index is 2.42. The van der Waals surface area contributed by atoms with Gasteiger partial charge in [0.15, 0.2) is 0 Å². The minimum Gasteiger partial charge on any atom is -0.508 e. The molecule has 104 valence electrons. The van der Waals surface area contributed by atoms with Gasteiger partial charge in [-0.1, -0.05) is 23.8 Å². The minimum atomic E-state index is -0.0510. The lowest BCUT2D eigenvalue weighted by Gasteiger charge is -2.23. The third-order valence-corrected chi connectivity index (χ3v) is 3.31. The van der Waals surface area contributed by atoms with E-state index in [1.165, 1.54) is 0 Å². The summed E-state index contributed by atoms with van der Waals surface area (Å²) < 4.78 is 0. The van der Waals surface area contributed by atoms with Crippen molar-refractivity contribution in [3.8, 4) is 5.75 Å². The van der Waals surface area contributed by atoms with Crippen molar-refractivity contribution in [2.24, 2.45) is 0 Å². The van der Waals surface area contributed by atoms with E-state index >= 15 is 0 Å². The number of aryl methyl sites for hydroxylation is 2. The van der Waals surface area contributed by atoms with Crippen LogP contribution in [0, 0.1) is 13.8 Å². The molecule has 0 aliphatic heterocycles. The Bertz CT molecular complexity index is 635. The first kappa shape index (κ1) is 14.1. The van der Waals surface area contributed by atoms with Gasteiger partial charge in [0.05, 0.1) is 5.69 Å². The summed E-state index contributed by atoms with van der Waals surface area (Å²) in [5.74, 6) is 0.117. The van der Waals surface area contributed by atoms with E-state index in [-0.39, 0.29) is 11.7 Å². The Morgan fingerprint density at radius 2 is 1.90 bits per heavy atom. The summed E-state index contributed by atoms with van der Waals surface area (Å²) in [7, 11) is 0. The molecule has 0 aromatic heterocycles. The molecule has 0 spiro atoms. The molecule has 2 aromatic carbocycles. The fraction of sp³-hybridized carbons (Fsp3) is 0.235. The van der Waals surface area contributed by atoms with Crippen LogP contribution in [0.15, 0.2) is 42.5 Å². The Labute approximate surface area is 119 Å². The Hall–Kier alpha value is -2.29. The molecule has 0 heterocycles. The van der Waals surface area contributed by atoms with Crippen LogP contribution >= 0.6 is 0 Å². The maximum atomic E-state index is 12.6. The number of hydrogen-bond acceptors (Lipinski definition) is 2. The van der Waals surface area contributed by atoms with E-state index < -0.39 is 0 Å². The molecule has 1 N–H and O–H groups in total. The first-order chi connectivity index (χ1) is 9.52. The van der Waals surface area contributed by atoms with Crippen LogP contribution in [-0.4, -0.2) is 17.6 Å². The van der Waals surface area contributed by atoms with E-state index in [0.29, 0.717) is 12.1 Å². The molecule has 0 radical (unpaired) electrons. The van der Waals surface area contributed by atoms with E-state index in [0.717, 1.165) is 16.8 Å². The van der Waals surface area contributed by atoms with E-state index in [1.807, 2.05) is 51.1 Å². The molecule has 3 heteroatoms. The highest BCUT2D eigenvalue weighted by Gasteiger charge is 2.18. The van der Waals surface area contributed by atoms with Crippen LogP contribution in [0.2, 0.25) is 0 Å². The van der Waals surface area contributed by atoms with Crippen molar-refractivity contribution in [1.82, 2.24) is 0 Å². The second-order valence-corrected chi connectivity index (χ2v) is 4.89. The molecule has 0 atom stereocenters. The van der Waals surface area contributed by atoms with Crippen LogP contribution in [0.3, 0.4) is 0 Å². The first-order valence-electron chi connectivity index (χ1n) is 6.71. The normalized spacial score (nSPS) is 10.3. The molecule has 0 aliphatic carbocycles. The van der Waals surface area contributed by atoms with Gasteiger partial charge in [-0.05, 0) is 44.5 Å². The number of phenols is 1. The molecule has 0 unspecified atom stereocenters. The Kier molecular flexibility index (Phi) is 4.08. The predicted octanol–water partition coefficient (Wildman–Crippen LogP) is 3.68. The van der Waals surface area contributed by atoms with Crippen LogP contribution < -0.4 is 4.90 Å². The van der Waals surface area contributed by atoms with E-state index in [4.69, 9.17) is 0 Å². The summed E-state index contributed by atoms with van der Waals surface area (Å²) in [5, 5.41) is 9.64. The maximum absolute atomic E-state index is 12.6. The van der Waals surface area contributed by atoms with Crippen molar-refractivity contribution in [3.05, 3.63) is 59.2 Å². The number of carbonyl (C=O) groups excluding carboxylic acids is 1. The Morgan fingerprint density at radius 3 is 2.55 bits per heavy atom. The lowest BCUT2D eigenvalue weighted by molar-refractivity contribution is 0.0988. The van der Waals surface area contributed by atoms with Crippen LogP contribution in [0.5, 0.6) is 5.75 Å². The molecule has 1 amide bonds. The highest BCUT2D eigenvalue weighted by Crippen LogP contribution is 2.26. The molecule has 0 fully saturated rings. The predicted molar refractivity (Wildman–Crippen MR) is 81.4 cm³/mol. The average molecular weight is 269 g/mol.